The lowest BCUT2D eigenvalue weighted by Crippen LogP contribution is -2.44. The first-order valence-electron chi connectivity index (χ1n) is 8.22. The Morgan fingerprint density at radius 1 is 1.44 bits per heavy atom. The van der Waals surface area contributed by atoms with E-state index in [-0.39, 0.29) is 6.03 Å². The van der Waals surface area contributed by atoms with Crippen LogP contribution in [0.3, 0.4) is 0 Å². The van der Waals surface area contributed by atoms with Crippen molar-refractivity contribution in [2.45, 2.75) is 39.5 Å². The van der Waals surface area contributed by atoms with Gasteiger partial charge in [0.1, 0.15) is 17.1 Å². The molecule has 0 bridgehead atoms. The Labute approximate surface area is 146 Å². The van der Waals surface area contributed by atoms with Gasteiger partial charge in [0.2, 0.25) is 0 Å². The Bertz CT molecular complexity index is 771. The fourth-order valence-electron chi connectivity index (χ4n) is 2.78. The summed E-state index contributed by atoms with van der Waals surface area (Å²) in [5.74, 6) is 1.89. The van der Waals surface area contributed by atoms with Gasteiger partial charge in [-0.25, -0.2) is 4.79 Å². The summed E-state index contributed by atoms with van der Waals surface area (Å²) >= 11 is 0. The number of nitrogens with zero attached hydrogens (tertiary/aromatic N) is 4. The molecule has 1 aliphatic rings. The molecular weight excluding hydrogens is 322 g/mol. The normalized spacial score (nSPS) is 15.8. The van der Waals surface area contributed by atoms with Crippen LogP contribution in [0.4, 0.5) is 10.6 Å². The summed E-state index contributed by atoms with van der Waals surface area (Å²) < 4.78 is 13.0. The van der Waals surface area contributed by atoms with Crippen LogP contribution in [-0.4, -0.2) is 45.2 Å². The molecule has 0 saturated heterocycles. The number of hydrogen-bond donors (Lipinski definition) is 1. The Kier molecular flexibility index (Phi) is 4.52. The first-order chi connectivity index (χ1) is 11.9. The maximum Gasteiger partial charge on any atom is 0.323 e. The predicted octanol–water partition coefficient (Wildman–Crippen LogP) is 2.51. The number of anilines is 1. The lowest BCUT2D eigenvalue weighted by molar-refractivity contribution is 0.0833. The van der Waals surface area contributed by atoms with E-state index in [1.165, 1.54) is 0 Å². The van der Waals surface area contributed by atoms with Gasteiger partial charge in [0.05, 0.1) is 26.4 Å². The third-order valence-electron chi connectivity index (χ3n) is 3.98. The summed E-state index contributed by atoms with van der Waals surface area (Å²) in [7, 11) is 1.62. The van der Waals surface area contributed by atoms with Gasteiger partial charge in [-0.05, 0) is 32.9 Å². The highest BCUT2D eigenvalue weighted by molar-refractivity contribution is 5.88. The number of fused-ring (bicyclic) bond motifs is 1. The second-order valence-corrected chi connectivity index (χ2v) is 6.58. The average Bonchev–Trinajstić information content (AvgIpc) is 2.96. The van der Waals surface area contributed by atoms with E-state index < -0.39 is 5.60 Å². The van der Waals surface area contributed by atoms with Crippen LogP contribution in [0.1, 0.15) is 26.3 Å². The van der Waals surface area contributed by atoms with E-state index in [0.717, 1.165) is 17.1 Å². The molecule has 0 spiro atoms. The SMILES string of the molecule is CCn1cc(NC(=O)N2Cc3ccc(OC)cc3OC(C)(C)C2)nn1. The van der Waals surface area contributed by atoms with E-state index in [9.17, 15) is 4.79 Å². The minimum atomic E-state index is -0.532. The van der Waals surface area contributed by atoms with Crippen LogP contribution in [0, 0.1) is 0 Å². The number of ether oxygens (including phenoxy) is 2. The zero-order chi connectivity index (χ0) is 18.0. The van der Waals surface area contributed by atoms with Gasteiger partial charge >= 0.3 is 6.03 Å². The Balaban J connectivity index is 1.81. The summed E-state index contributed by atoms with van der Waals surface area (Å²) in [5.41, 5.74) is 0.398. The molecule has 0 aliphatic carbocycles. The maximum absolute atomic E-state index is 12.7. The zero-order valence-electron chi connectivity index (χ0n) is 14.9. The second-order valence-electron chi connectivity index (χ2n) is 6.58. The van der Waals surface area contributed by atoms with Crippen molar-refractivity contribution in [3.63, 3.8) is 0 Å². The number of aromatic nitrogens is 3. The number of benzene rings is 1. The Morgan fingerprint density at radius 3 is 2.92 bits per heavy atom. The van der Waals surface area contributed by atoms with Crippen molar-refractivity contribution >= 4 is 11.8 Å². The number of carbonyl (C=O) groups is 1. The smallest absolute Gasteiger partial charge is 0.323 e. The molecule has 25 heavy (non-hydrogen) atoms. The standard InChI is InChI=1S/C17H23N5O3/c1-5-22-10-15(19-20-22)18-16(23)21-9-12-6-7-13(24-4)8-14(12)25-17(2,3)11-21/h6-8,10H,5,9,11H2,1-4H3,(H,18,23). The molecule has 0 radical (unpaired) electrons. The quantitative estimate of drug-likeness (QED) is 0.924. The third-order valence-corrected chi connectivity index (χ3v) is 3.98. The van der Waals surface area contributed by atoms with Gasteiger partial charge in [0.15, 0.2) is 5.82 Å². The van der Waals surface area contributed by atoms with Gasteiger partial charge in [-0.1, -0.05) is 5.21 Å². The van der Waals surface area contributed by atoms with Crippen LogP contribution in [0.2, 0.25) is 0 Å². The molecule has 3 rings (SSSR count). The van der Waals surface area contributed by atoms with Gasteiger partial charge in [-0.15, -0.1) is 5.10 Å². The third kappa shape index (κ3) is 3.84. The molecule has 0 saturated carbocycles. The fourth-order valence-corrected chi connectivity index (χ4v) is 2.78. The van der Waals surface area contributed by atoms with Gasteiger partial charge < -0.3 is 14.4 Å². The minimum Gasteiger partial charge on any atom is -0.497 e. The number of rotatable bonds is 3. The lowest BCUT2D eigenvalue weighted by Gasteiger charge is -2.29. The number of nitrogens with one attached hydrogen (secondary N) is 1. The van der Waals surface area contributed by atoms with E-state index in [4.69, 9.17) is 9.47 Å². The van der Waals surface area contributed by atoms with Gasteiger partial charge in [0.25, 0.3) is 0 Å². The number of methoxy groups -OCH3 is 1. The molecule has 0 atom stereocenters. The highest BCUT2D eigenvalue weighted by Crippen LogP contribution is 2.32. The summed E-state index contributed by atoms with van der Waals surface area (Å²) in [5, 5.41) is 10.7. The lowest BCUT2D eigenvalue weighted by atomic mass is 10.1. The molecular formula is C17H23N5O3. The van der Waals surface area contributed by atoms with Crippen molar-refractivity contribution < 1.29 is 14.3 Å². The molecule has 134 valence electrons. The monoisotopic (exact) mass is 345 g/mol. The predicted molar refractivity (Wildman–Crippen MR) is 92.8 cm³/mol. The molecule has 1 aliphatic heterocycles. The van der Waals surface area contributed by atoms with Crippen LogP contribution in [0.5, 0.6) is 11.5 Å². The molecule has 1 aromatic heterocycles. The van der Waals surface area contributed by atoms with E-state index in [1.807, 2.05) is 39.0 Å². The highest BCUT2D eigenvalue weighted by Gasteiger charge is 2.32. The highest BCUT2D eigenvalue weighted by atomic mass is 16.5. The fraction of sp³-hybridized carbons (Fsp3) is 0.471. The number of carbonyl (C=O) groups excluding carboxylic acids is 1. The van der Waals surface area contributed by atoms with E-state index >= 15 is 0 Å². The van der Waals surface area contributed by atoms with Crippen molar-refractivity contribution in [3.05, 3.63) is 30.0 Å². The summed E-state index contributed by atoms with van der Waals surface area (Å²) in [4.78, 5) is 14.4. The maximum atomic E-state index is 12.7. The van der Waals surface area contributed by atoms with E-state index in [2.05, 4.69) is 15.6 Å². The van der Waals surface area contributed by atoms with Crippen LogP contribution >= 0.6 is 0 Å². The number of urea groups is 1. The topological polar surface area (TPSA) is 81.5 Å². The van der Waals surface area contributed by atoms with Crippen LogP contribution in [-0.2, 0) is 13.1 Å². The first kappa shape index (κ1) is 17.1. The van der Waals surface area contributed by atoms with Crippen molar-refractivity contribution in [3.8, 4) is 11.5 Å². The Hall–Kier alpha value is -2.77. The molecule has 0 fully saturated rings. The number of amides is 2. The zero-order valence-corrected chi connectivity index (χ0v) is 14.9. The molecule has 2 aromatic rings. The summed E-state index contributed by atoms with van der Waals surface area (Å²) in [6.07, 6.45) is 1.70. The van der Waals surface area contributed by atoms with E-state index in [0.29, 0.717) is 25.5 Å². The van der Waals surface area contributed by atoms with Gasteiger partial charge in [0, 0.05) is 18.2 Å². The van der Waals surface area contributed by atoms with Crippen molar-refractivity contribution in [1.29, 1.82) is 0 Å². The summed E-state index contributed by atoms with van der Waals surface area (Å²) in [6.45, 7) is 7.45. The van der Waals surface area contributed by atoms with Crippen LogP contribution in [0.25, 0.3) is 0 Å². The van der Waals surface area contributed by atoms with Crippen LogP contribution < -0.4 is 14.8 Å². The van der Waals surface area contributed by atoms with Crippen molar-refractivity contribution in [2.24, 2.45) is 0 Å². The van der Waals surface area contributed by atoms with Gasteiger partial charge in [-0.3, -0.25) is 10.00 Å². The number of hydrogen-bond acceptors (Lipinski definition) is 5. The average molecular weight is 345 g/mol. The van der Waals surface area contributed by atoms with E-state index in [1.54, 1.807) is 22.9 Å². The largest absolute Gasteiger partial charge is 0.497 e. The van der Waals surface area contributed by atoms with Gasteiger partial charge in [-0.2, -0.15) is 0 Å². The molecule has 0 unspecified atom stereocenters. The minimum absolute atomic E-state index is 0.233. The number of aryl methyl sites for hydroxylation is 1. The van der Waals surface area contributed by atoms with Crippen molar-refractivity contribution in [1.82, 2.24) is 19.9 Å². The Morgan fingerprint density at radius 2 is 2.24 bits per heavy atom. The molecule has 2 amide bonds. The molecule has 8 heteroatoms. The summed E-state index contributed by atoms with van der Waals surface area (Å²) in [6, 6.07) is 5.40. The molecule has 8 nitrogen and oxygen atoms in total. The van der Waals surface area contributed by atoms with Crippen molar-refractivity contribution in [2.75, 3.05) is 19.0 Å². The second kappa shape index (κ2) is 6.62. The molecule has 1 N–H and O–H groups in total. The molecule has 1 aromatic carbocycles. The van der Waals surface area contributed by atoms with Crippen LogP contribution in [0.15, 0.2) is 24.4 Å². The molecule has 2 heterocycles. The first-order valence-corrected chi connectivity index (χ1v) is 8.22.